The van der Waals surface area contributed by atoms with Gasteiger partial charge in [0.2, 0.25) is 0 Å². The lowest BCUT2D eigenvalue weighted by molar-refractivity contribution is -0.224. The van der Waals surface area contributed by atoms with Gasteiger partial charge in [0.25, 0.3) is 20.2 Å². The summed E-state index contributed by atoms with van der Waals surface area (Å²) in [6.07, 6.45) is 15.6. The summed E-state index contributed by atoms with van der Waals surface area (Å²) in [5.74, 6) is 2.64. The van der Waals surface area contributed by atoms with Gasteiger partial charge in [0, 0.05) is 49.6 Å². The Bertz CT molecular complexity index is 2490. The Balaban J connectivity index is 0.911. The molecule has 324 valence electrons. The third-order valence-corrected chi connectivity index (χ3v) is 17.1. The number of likely N-dealkylation sites (tertiary alicyclic amines) is 1. The number of allylic oxidation sites excluding steroid dienone is 3. The summed E-state index contributed by atoms with van der Waals surface area (Å²) in [5, 5.41) is 2.59. The Labute approximate surface area is 358 Å². The molecule has 2 aliphatic heterocycles. The molecule has 2 saturated carbocycles. The minimum absolute atomic E-state index is 0.0396. The van der Waals surface area contributed by atoms with Crippen LogP contribution < -0.4 is 14.8 Å². The highest BCUT2D eigenvalue weighted by Gasteiger charge is 2.79. The van der Waals surface area contributed by atoms with E-state index in [1.165, 1.54) is 28.8 Å². The second-order valence-electron chi connectivity index (χ2n) is 18.2. The topological polar surface area (TPSA) is 161 Å². The summed E-state index contributed by atoms with van der Waals surface area (Å²) in [7, 11) is -6.55. The van der Waals surface area contributed by atoms with Crippen LogP contribution in [0.5, 0.6) is 11.5 Å². The number of nitrogens with zero attached hydrogens (tertiary/aromatic N) is 1. The average Bonchev–Trinajstić information content (AvgIpc) is 3.87. The van der Waals surface area contributed by atoms with E-state index in [-0.39, 0.29) is 33.8 Å². The van der Waals surface area contributed by atoms with Crippen LogP contribution in [0.15, 0.2) is 108 Å². The fourth-order valence-electron chi connectivity index (χ4n) is 12.2. The molecular weight excluding hydrogens is 817 g/mol. The van der Waals surface area contributed by atoms with Crippen LogP contribution in [0, 0.1) is 23.2 Å². The van der Waals surface area contributed by atoms with Gasteiger partial charge in [-0.3, -0.25) is 19.3 Å². The third-order valence-electron chi connectivity index (χ3n) is 15.2. The number of benzene rings is 3. The highest BCUT2D eigenvalue weighted by atomic mass is 32.2. The molecule has 4 bridgehead atoms. The maximum absolute atomic E-state index is 11.7. The maximum Gasteiger partial charge on any atom is 0.294 e. The second-order valence-corrected chi connectivity index (χ2v) is 21.3. The van der Waals surface area contributed by atoms with E-state index in [1.807, 2.05) is 36.4 Å². The Morgan fingerprint density at radius 1 is 0.967 bits per heavy atom. The smallest absolute Gasteiger partial charge is 0.294 e. The molecule has 9 atom stereocenters. The van der Waals surface area contributed by atoms with Gasteiger partial charge in [-0.25, -0.2) is 0 Å². The van der Waals surface area contributed by atoms with E-state index < -0.39 is 31.1 Å². The number of rotatable bonds is 17. The molecule has 2 heterocycles. The Hall–Kier alpha value is -3.86. The van der Waals surface area contributed by atoms with Crippen LogP contribution >= 0.6 is 0 Å². The normalized spacial score (nSPS) is 32.9. The molecule has 0 aromatic heterocycles. The molecular formula is C47H54N2O10S2. The number of ether oxygens (including phenoxy) is 4. The van der Waals surface area contributed by atoms with Crippen molar-refractivity contribution >= 4 is 20.2 Å². The second kappa shape index (κ2) is 15.4. The van der Waals surface area contributed by atoms with Crippen molar-refractivity contribution in [2.45, 2.75) is 84.8 Å². The van der Waals surface area contributed by atoms with Gasteiger partial charge >= 0.3 is 0 Å². The van der Waals surface area contributed by atoms with Crippen molar-refractivity contribution < 1.29 is 44.9 Å². The first-order valence-corrected chi connectivity index (χ1v) is 24.5. The lowest BCUT2D eigenvalue weighted by Gasteiger charge is -2.71. The number of fused-ring (bicyclic) bond motifs is 1. The molecule has 8 aliphatic rings. The van der Waals surface area contributed by atoms with Crippen molar-refractivity contribution in [3.8, 4) is 11.5 Å². The fraction of sp³-hybridized carbons (Fsp3) is 0.489. The summed E-state index contributed by atoms with van der Waals surface area (Å²) in [6, 6.07) is 21.0. The fourth-order valence-corrected chi connectivity index (χ4v) is 13.3. The number of hydrogen-bond acceptors (Lipinski definition) is 10. The SMILES string of the molecule is CO[C@]12C=C[C@@]3(C[C@@H]1COCNCc1ccccc1)[C@H]1Cc4ccc(OCCc5ccc(S(=O)(=O)O)cc5)c5c4C3(CCN1CC1CC1CC1=CC[C@H](S(=O)(=O)O)C=C1)[C@H]2O5. The van der Waals surface area contributed by atoms with Crippen LogP contribution in [-0.2, 0) is 54.5 Å². The van der Waals surface area contributed by atoms with Crippen LogP contribution in [0.4, 0.5) is 0 Å². The molecule has 3 fully saturated rings. The zero-order valence-corrected chi connectivity index (χ0v) is 36.0. The van der Waals surface area contributed by atoms with Crippen LogP contribution in [0.3, 0.4) is 0 Å². The number of methoxy groups -OCH3 is 1. The minimum atomic E-state index is -4.27. The molecule has 12 nitrogen and oxygen atoms in total. The van der Waals surface area contributed by atoms with Gasteiger partial charge in [0.15, 0.2) is 11.5 Å². The Morgan fingerprint density at radius 3 is 2.52 bits per heavy atom. The molecule has 3 N–H and O–H groups in total. The van der Waals surface area contributed by atoms with E-state index in [0.717, 1.165) is 62.1 Å². The monoisotopic (exact) mass is 870 g/mol. The number of piperidine rings is 1. The lowest BCUT2D eigenvalue weighted by Crippen LogP contribution is -2.79. The van der Waals surface area contributed by atoms with Crippen molar-refractivity contribution in [2.75, 3.05) is 40.1 Å². The molecule has 14 heteroatoms. The molecule has 3 aromatic rings. The van der Waals surface area contributed by atoms with E-state index in [0.29, 0.717) is 56.9 Å². The van der Waals surface area contributed by atoms with Gasteiger partial charge in [-0.15, -0.1) is 0 Å². The van der Waals surface area contributed by atoms with Crippen molar-refractivity contribution in [1.82, 2.24) is 10.2 Å². The van der Waals surface area contributed by atoms with Crippen LogP contribution in [0.1, 0.15) is 54.4 Å². The Kier molecular flexibility index (Phi) is 10.4. The van der Waals surface area contributed by atoms with E-state index in [1.54, 1.807) is 25.3 Å². The molecule has 3 unspecified atom stereocenters. The van der Waals surface area contributed by atoms with Gasteiger partial charge < -0.3 is 18.9 Å². The Morgan fingerprint density at radius 2 is 1.79 bits per heavy atom. The summed E-state index contributed by atoms with van der Waals surface area (Å²) in [4.78, 5) is 2.63. The van der Waals surface area contributed by atoms with Gasteiger partial charge in [-0.1, -0.05) is 84.5 Å². The van der Waals surface area contributed by atoms with Crippen LogP contribution in [-0.4, -0.2) is 94.0 Å². The first kappa shape index (κ1) is 41.2. The molecule has 11 rings (SSSR count). The van der Waals surface area contributed by atoms with E-state index >= 15 is 0 Å². The largest absolute Gasteiger partial charge is 0.489 e. The summed E-state index contributed by atoms with van der Waals surface area (Å²) in [6.45, 7) is 3.95. The zero-order valence-electron chi connectivity index (χ0n) is 34.3. The van der Waals surface area contributed by atoms with Crippen molar-refractivity contribution in [1.29, 1.82) is 0 Å². The van der Waals surface area contributed by atoms with Gasteiger partial charge in [-0.2, -0.15) is 16.8 Å². The lowest BCUT2D eigenvalue weighted by atomic mass is 9.37. The summed E-state index contributed by atoms with van der Waals surface area (Å²) < 4.78 is 92.4. The summed E-state index contributed by atoms with van der Waals surface area (Å²) in [5.41, 5.74) is 4.55. The number of nitrogens with one attached hydrogen (secondary N) is 1. The van der Waals surface area contributed by atoms with E-state index in [2.05, 4.69) is 40.6 Å². The minimum Gasteiger partial charge on any atom is -0.489 e. The molecule has 6 aliphatic carbocycles. The molecule has 0 radical (unpaired) electrons. The highest BCUT2D eigenvalue weighted by Crippen LogP contribution is 2.75. The molecule has 2 spiro atoms. The first-order valence-electron chi connectivity index (χ1n) is 21.5. The first-order chi connectivity index (χ1) is 29.3. The van der Waals surface area contributed by atoms with Gasteiger partial charge in [-0.05, 0) is 91.8 Å². The van der Waals surface area contributed by atoms with E-state index in [9.17, 15) is 25.9 Å². The molecule has 61 heavy (non-hydrogen) atoms. The van der Waals surface area contributed by atoms with Crippen LogP contribution in [0.25, 0.3) is 0 Å². The average molecular weight is 871 g/mol. The van der Waals surface area contributed by atoms with Crippen molar-refractivity contribution in [2.24, 2.45) is 23.2 Å². The molecule has 1 saturated heterocycles. The van der Waals surface area contributed by atoms with Gasteiger partial charge in [0.1, 0.15) is 17.0 Å². The van der Waals surface area contributed by atoms with Crippen molar-refractivity contribution in [3.63, 3.8) is 0 Å². The van der Waals surface area contributed by atoms with Gasteiger partial charge in [0.05, 0.1) is 30.3 Å². The quantitative estimate of drug-likeness (QED) is 0.0622. The highest BCUT2D eigenvalue weighted by molar-refractivity contribution is 7.86. The van der Waals surface area contributed by atoms with Crippen LogP contribution in [0.2, 0.25) is 0 Å². The predicted octanol–water partition coefficient (Wildman–Crippen LogP) is 6.08. The molecule has 0 amide bonds. The predicted molar refractivity (Wildman–Crippen MR) is 229 cm³/mol. The third kappa shape index (κ3) is 7.02. The summed E-state index contributed by atoms with van der Waals surface area (Å²) >= 11 is 0. The van der Waals surface area contributed by atoms with Crippen molar-refractivity contribution in [3.05, 3.63) is 125 Å². The molecule has 3 aromatic carbocycles. The van der Waals surface area contributed by atoms with E-state index in [4.69, 9.17) is 18.9 Å². The standard InChI is InChI=1S/C47H54N2O10S2/c1-56-47-19-18-45(26-37(47)29-57-30-48-27-33-5-3-2-4-6-33)41-25-34-11-16-40(58-22-17-31-7-12-38(13-8-31)60(50,51)52)43-42(34)46(45,44(47)59-43)20-21-49(41)28-36-24-35(36)23-32-9-14-39(15-10-32)61(53,54)55/h2-14,16,18-19,35-37,39,41,44,48H,15,17,20-30H2,1H3,(H,50,51,52)(H,53,54,55)/t35?,36?,37-,39-,41-,44-,45-,46?,47-/m1/s1. The zero-order chi connectivity index (χ0) is 42.2. The number of hydrogen-bond donors (Lipinski definition) is 3. The maximum atomic E-state index is 11.7.